The van der Waals surface area contributed by atoms with Crippen LogP contribution in [-0.4, -0.2) is 32.1 Å². The molecule has 0 rings (SSSR count). The minimum atomic E-state index is -0.734. The second-order valence-electron chi connectivity index (χ2n) is 18.6. The number of rotatable bonds is 46. The van der Waals surface area contributed by atoms with E-state index in [9.17, 15) is 9.90 Å². The summed E-state index contributed by atoms with van der Waals surface area (Å²) in [7, 11) is 0. The highest BCUT2D eigenvalue weighted by molar-refractivity contribution is 7.81. The van der Waals surface area contributed by atoms with Crippen molar-refractivity contribution in [2.75, 3.05) is 0 Å². The molecule has 0 radical (unpaired) electrons. The Morgan fingerprint density at radius 3 is 0.825 bits per heavy atom. The fourth-order valence-electron chi connectivity index (χ4n) is 9.18. The predicted octanol–water partition coefficient (Wildman–Crippen LogP) is 18.6. The van der Waals surface area contributed by atoms with E-state index in [-0.39, 0.29) is 16.4 Å². The van der Waals surface area contributed by atoms with Crippen molar-refractivity contribution in [3.63, 3.8) is 0 Å². The number of carbonyl (C=O) groups is 1. The molecule has 4 atom stereocenters. The van der Waals surface area contributed by atoms with Crippen molar-refractivity contribution < 1.29 is 9.90 Å². The highest BCUT2D eigenvalue weighted by atomic mass is 32.1. The van der Waals surface area contributed by atoms with E-state index in [0.717, 1.165) is 77.0 Å². The van der Waals surface area contributed by atoms with Crippen molar-refractivity contribution >= 4 is 56.5 Å². The summed E-state index contributed by atoms with van der Waals surface area (Å²) in [5.74, 6) is -0.424. The lowest BCUT2D eigenvalue weighted by Gasteiger charge is -2.40. The van der Waals surface area contributed by atoms with Gasteiger partial charge in [-0.3, -0.25) is 4.79 Å². The topological polar surface area (TPSA) is 37.3 Å². The Morgan fingerprint density at radius 2 is 0.579 bits per heavy atom. The molecule has 0 fully saturated rings. The fraction of sp³-hybridized carbons (Fsp3) is 0.980. The van der Waals surface area contributed by atoms with Gasteiger partial charge in [-0.1, -0.05) is 207 Å². The van der Waals surface area contributed by atoms with Gasteiger partial charge in [0.1, 0.15) is 0 Å². The van der Waals surface area contributed by atoms with E-state index in [4.69, 9.17) is 50.5 Å². The third-order valence-corrected chi connectivity index (χ3v) is 15.4. The highest BCUT2D eigenvalue weighted by Crippen LogP contribution is 2.46. The van der Waals surface area contributed by atoms with Crippen LogP contribution >= 0.6 is 50.5 Å². The first-order chi connectivity index (χ1) is 27.7. The van der Waals surface area contributed by atoms with Crippen LogP contribution in [0.4, 0.5) is 0 Å². The lowest BCUT2D eigenvalue weighted by atomic mass is 9.65. The number of hydrogen-bond acceptors (Lipinski definition) is 5. The number of hydrogen-bond donors (Lipinski definition) is 5. The molecule has 0 aromatic heterocycles. The third kappa shape index (κ3) is 34.1. The molecule has 0 aliphatic carbocycles. The molecule has 342 valence electrons. The molecule has 0 heterocycles. The van der Waals surface area contributed by atoms with Crippen LogP contribution in [0.1, 0.15) is 285 Å². The second-order valence-corrected chi connectivity index (χ2v) is 21.6. The van der Waals surface area contributed by atoms with Crippen LogP contribution in [0.25, 0.3) is 0 Å². The Balaban J connectivity index is 5.85. The molecule has 0 aromatic rings. The summed E-state index contributed by atoms with van der Waals surface area (Å²) in [5, 5.41) is 12.6. The molecular formula is C51H102O2S4. The van der Waals surface area contributed by atoms with Gasteiger partial charge in [0.05, 0.1) is 5.41 Å². The Kier molecular flexibility index (Phi) is 42.8. The molecule has 0 amide bonds. The largest absolute Gasteiger partial charge is 0.481 e. The Hall–Kier alpha value is 0.870. The number of unbranched alkanes of at least 4 members (excludes halogenated alkanes) is 24. The molecule has 57 heavy (non-hydrogen) atoms. The SMILES string of the molecule is CCCCCCCCCC(S)CCC(CCC(S)CCCCCCCCC)C(CCC(S)CCCCCCCCC)(CCC(S)CCCCCCCCC)C(=O)O. The van der Waals surface area contributed by atoms with Crippen LogP contribution in [0, 0.1) is 11.3 Å². The van der Waals surface area contributed by atoms with Crippen LogP contribution in [-0.2, 0) is 4.79 Å². The van der Waals surface area contributed by atoms with Gasteiger partial charge < -0.3 is 5.11 Å². The van der Waals surface area contributed by atoms with Gasteiger partial charge in [0, 0.05) is 21.0 Å². The van der Waals surface area contributed by atoms with E-state index in [1.54, 1.807) is 0 Å². The summed E-state index contributed by atoms with van der Waals surface area (Å²) < 4.78 is 0. The molecule has 0 saturated carbocycles. The summed E-state index contributed by atoms with van der Waals surface area (Å²) in [6.45, 7) is 9.13. The van der Waals surface area contributed by atoms with Gasteiger partial charge in [-0.2, -0.15) is 50.5 Å². The average Bonchev–Trinajstić information content (AvgIpc) is 3.19. The van der Waals surface area contributed by atoms with E-state index >= 15 is 0 Å². The highest BCUT2D eigenvalue weighted by Gasteiger charge is 2.45. The van der Waals surface area contributed by atoms with Crippen molar-refractivity contribution in [3.05, 3.63) is 0 Å². The predicted molar refractivity (Wildman–Crippen MR) is 272 cm³/mol. The fourth-order valence-corrected chi connectivity index (χ4v) is 10.5. The minimum Gasteiger partial charge on any atom is -0.481 e. The molecule has 0 saturated heterocycles. The first-order valence-corrected chi connectivity index (χ1v) is 27.7. The number of aliphatic carboxylic acids is 1. The van der Waals surface area contributed by atoms with Crippen LogP contribution in [0.3, 0.4) is 0 Å². The summed E-state index contributed by atoms with van der Waals surface area (Å²) in [4.78, 5) is 13.9. The Labute approximate surface area is 381 Å². The number of carboxylic acids is 1. The molecule has 1 N–H and O–H groups in total. The molecule has 0 spiro atoms. The quantitative estimate of drug-likeness (QED) is 0.0312. The van der Waals surface area contributed by atoms with Crippen molar-refractivity contribution in [1.29, 1.82) is 0 Å². The maximum atomic E-state index is 13.9. The van der Waals surface area contributed by atoms with Crippen molar-refractivity contribution in [3.8, 4) is 0 Å². The molecule has 6 heteroatoms. The van der Waals surface area contributed by atoms with E-state index in [1.165, 1.54) is 180 Å². The first kappa shape index (κ1) is 57.9. The zero-order valence-corrected chi connectivity index (χ0v) is 42.4. The lowest BCUT2D eigenvalue weighted by molar-refractivity contribution is -0.155. The molecule has 2 nitrogen and oxygen atoms in total. The monoisotopic (exact) mass is 875 g/mol. The maximum absolute atomic E-state index is 13.9. The molecule has 4 unspecified atom stereocenters. The van der Waals surface area contributed by atoms with Crippen molar-refractivity contribution in [1.82, 2.24) is 0 Å². The molecule has 0 aliphatic rings. The smallest absolute Gasteiger partial charge is 0.309 e. The summed E-state index contributed by atoms with van der Waals surface area (Å²) in [6, 6.07) is 0. The average molecular weight is 876 g/mol. The van der Waals surface area contributed by atoms with Gasteiger partial charge in [0.2, 0.25) is 0 Å². The van der Waals surface area contributed by atoms with E-state index in [1.807, 2.05) is 0 Å². The van der Waals surface area contributed by atoms with E-state index in [2.05, 4.69) is 27.7 Å². The minimum absolute atomic E-state index is 0.139. The van der Waals surface area contributed by atoms with Crippen molar-refractivity contribution in [2.45, 2.75) is 306 Å². The van der Waals surface area contributed by atoms with Gasteiger partial charge in [-0.25, -0.2) is 0 Å². The van der Waals surface area contributed by atoms with Crippen LogP contribution in [0.2, 0.25) is 0 Å². The standard InChI is InChI=1S/C51H102O2S4/c1-5-9-13-17-21-25-29-33-46(54)39-37-45(38-40-47(55)34-30-26-22-18-14-10-6-2)51(50(52)53,43-41-48(56)35-31-27-23-19-15-11-7-3)44-42-49(57)36-32-28-24-20-16-12-8-4/h45-49,54-57H,5-44H2,1-4H3,(H,52,53). The van der Waals surface area contributed by atoms with Crippen LogP contribution in [0.5, 0.6) is 0 Å². The van der Waals surface area contributed by atoms with Crippen LogP contribution in [0.15, 0.2) is 0 Å². The summed E-state index contributed by atoms with van der Waals surface area (Å²) in [5.41, 5.74) is -0.734. The van der Waals surface area contributed by atoms with Gasteiger partial charge in [0.15, 0.2) is 0 Å². The zero-order chi connectivity index (χ0) is 42.2. The molecule has 0 aliphatic heterocycles. The first-order valence-electron chi connectivity index (χ1n) is 25.6. The normalized spacial score (nSPS) is 15.6. The molecule has 0 bridgehead atoms. The summed E-state index contributed by atoms with van der Waals surface area (Å²) in [6.07, 6.45) is 48.4. The van der Waals surface area contributed by atoms with Crippen molar-refractivity contribution in [2.24, 2.45) is 11.3 Å². The van der Waals surface area contributed by atoms with Crippen LogP contribution < -0.4 is 0 Å². The van der Waals surface area contributed by atoms with Gasteiger partial charge in [0.25, 0.3) is 0 Å². The molecule has 0 aromatic carbocycles. The summed E-state index contributed by atoms with van der Waals surface area (Å²) >= 11 is 20.5. The molecular weight excluding hydrogens is 773 g/mol. The van der Waals surface area contributed by atoms with E-state index < -0.39 is 11.4 Å². The van der Waals surface area contributed by atoms with Gasteiger partial charge in [-0.15, -0.1) is 0 Å². The third-order valence-electron chi connectivity index (χ3n) is 13.3. The second kappa shape index (κ2) is 42.2. The van der Waals surface area contributed by atoms with E-state index in [0.29, 0.717) is 10.5 Å². The zero-order valence-electron chi connectivity index (χ0n) is 38.8. The number of thiol groups is 4. The Bertz CT molecular complexity index is 784. The van der Waals surface area contributed by atoms with Gasteiger partial charge >= 0.3 is 5.97 Å². The van der Waals surface area contributed by atoms with Gasteiger partial charge in [-0.05, 0) is 83.0 Å². The lowest BCUT2D eigenvalue weighted by Crippen LogP contribution is -2.40. The maximum Gasteiger partial charge on any atom is 0.309 e. The number of carboxylic acid groups (broad SMARTS) is 1. The Morgan fingerprint density at radius 1 is 0.351 bits per heavy atom.